The Bertz CT molecular complexity index is 648. The van der Waals surface area contributed by atoms with Crippen LogP contribution in [0.3, 0.4) is 0 Å². The first kappa shape index (κ1) is 25.9. The number of nitrogens with one attached hydrogen (secondary N) is 3. The lowest BCUT2D eigenvalue weighted by Gasteiger charge is -2.23. The van der Waals surface area contributed by atoms with Gasteiger partial charge in [-0.25, -0.2) is 9.59 Å². The number of amides is 3. The molecule has 1 saturated carbocycles. The third-order valence-electron chi connectivity index (χ3n) is 6.33. The predicted molar refractivity (Wildman–Crippen MR) is 119 cm³/mol. The normalized spacial score (nSPS) is 21.0. The topological polar surface area (TPSA) is 134 Å². The number of rotatable bonds is 12. The van der Waals surface area contributed by atoms with E-state index in [0.717, 1.165) is 12.8 Å². The molecule has 3 atom stereocenters. The maximum absolute atomic E-state index is 12.8. The molecule has 3 amide bonds. The van der Waals surface area contributed by atoms with Gasteiger partial charge in [0.2, 0.25) is 11.8 Å². The molecule has 4 N–H and O–H groups in total. The smallest absolute Gasteiger partial charge is 0.407 e. The molecule has 182 valence electrons. The van der Waals surface area contributed by atoms with E-state index in [9.17, 15) is 24.3 Å². The Morgan fingerprint density at radius 1 is 1.09 bits per heavy atom. The number of carboxylic acid groups (broad SMARTS) is 1. The summed E-state index contributed by atoms with van der Waals surface area (Å²) >= 11 is 0. The highest BCUT2D eigenvalue weighted by atomic mass is 16.5. The van der Waals surface area contributed by atoms with Crippen molar-refractivity contribution in [2.45, 2.75) is 90.1 Å². The van der Waals surface area contributed by atoms with Gasteiger partial charge in [0.15, 0.2) is 0 Å². The highest BCUT2D eigenvalue weighted by Crippen LogP contribution is 2.27. The third kappa shape index (κ3) is 9.04. The summed E-state index contributed by atoms with van der Waals surface area (Å²) in [5, 5.41) is 17.3. The molecular formula is C23H39N3O6. The van der Waals surface area contributed by atoms with Gasteiger partial charge in [0.1, 0.15) is 12.1 Å². The first-order valence-electron chi connectivity index (χ1n) is 12.0. The summed E-state index contributed by atoms with van der Waals surface area (Å²) < 4.78 is 5.27. The molecule has 9 nitrogen and oxygen atoms in total. The molecular weight excluding hydrogens is 414 g/mol. The zero-order chi connectivity index (χ0) is 23.5. The van der Waals surface area contributed by atoms with Gasteiger partial charge in [-0.1, -0.05) is 46.0 Å². The van der Waals surface area contributed by atoms with Crippen LogP contribution in [0.1, 0.15) is 78.1 Å². The van der Waals surface area contributed by atoms with Crippen LogP contribution >= 0.6 is 0 Å². The van der Waals surface area contributed by atoms with Crippen LogP contribution < -0.4 is 16.0 Å². The van der Waals surface area contributed by atoms with Crippen molar-refractivity contribution in [3.63, 3.8) is 0 Å². The molecule has 0 aromatic heterocycles. The van der Waals surface area contributed by atoms with Crippen LogP contribution in [0, 0.1) is 17.8 Å². The molecule has 9 heteroatoms. The minimum Gasteiger partial charge on any atom is -0.480 e. The van der Waals surface area contributed by atoms with Gasteiger partial charge in [0, 0.05) is 12.5 Å². The summed E-state index contributed by atoms with van der Waals surface area (Å²) in [6.45, 7) is 4.63. The Kier molecular flexibility index (Phi) is 10.8. The van der Waals surface area contributed by atoms with Crippen LogP contribution in [0.25, 0.3) is 0 Å². The first-order valence-corrected chi connectivity index (χ1v) is 12.0. The summed E-state index contributed by atoms with van der Waals surface area (Å²) in [5.41, 5.74) is 0. The van der Waals surface area contributed by atoms with Crippen LogP contribution in [-0.4, -0.2) is 54.2 Å². The Hall–Kier alpha value is -2.32. The SMILES string of the molecule is CC(C)CC(NC(=O)OCCCC1CCCCC1)C(=O)NC(C[C@@H]1CCNC1=O)C(=O)O. The van der Waals surface area contributed by atoms with Crippen molar-refractivity contribution >= 4 is 23.9 Å². The van der Waals surface area contributed by atoms with Gasteiger partial charge in [0.25, 0.3) is 0 Å². The molecule has 32 heavy (non-hydrogen) atoms. The maximum Gasteiger partial charge on any atom is 0.407 e. The largest absolute Gasteiger partial charge is 0.480 e. The Balaban J connectivity index is 1.82. The second-order valence-electron chi connectivity index (χ2n) is 9.52. The fourth-order valence-electron chi connectivity index (χ4n) is 4.55. The van der Waals surface area contributed by atoms with Crippen molar-refractivity contribution in [3.05, 3.63) is 0 Å². The molecule has 1 saturated heterocycles. The van der Waals surface area contributed by atoms with Gasteiger partial charge in [-0.05, 0) is 43.9 Å². The maximum atomic E-state index is 12.8. The number of alkyl carbamates (subject to hydrolysis) is 1. The minimum atomic E-state index is -1.20. The third-order valence-corrected chi connectivity index (χ3v) is 6.33. The molecule has 1 heterocycles. The molecule has 0 bridgehead atoms. The fourth-order valence-corrected chi connectivity index (χ4v) is 4.55. The zero-order valence-corrected chi connectivity index (χ0v) is 19.4. The van der Waals surface area contributed by atoms with Gasteiger partial charge >= 0.3 is 12.1 Å². The average Bonchev–Trinajstić information content (AvgIpc) is 3.15. The average molecular weight is 454 g/mol. The van der Waals surface area contributed by atoms with E-state index < -0.39 is 36.0 Å². The van der Waals surface area contributed by atoms with E-state index in [0.29, 0.717) is 31.9 Å². The second-order valence-corrected chi connectivity index (χ2v) is 9.52. The van der Waals surface area contributed by atoms with Crippen molar-refractivity contribution in [3.8, 4) is 0 Å². The Morgan fingerprint density at radius 3 is 2.41 bits per heavy atom. The number of aliphatic carboxylic acids is 1. The number of carbonyl (C=O) groups is 4. The van der Waals surface area contributed by atoms with E-state index in [4.69, 9.17) is 4.74 Å². The van der Waals surface area contributed by atoms with E-state index in [1.165, 1.54) is 32.1 Å². The molecule has 0 radical (unpaired) electrons. The van der Waals surface area contributed by atoms with E-state index in [-0.39, 0.29) is 18.2 Å². The highest BCUT2D eigenvalue weighted by Gasteiger charge is 2.33. The minimum absolute atomic E-state index is 0.0208. The molecule has 0 spiro atoms. The van der Waals surface area contributed by atoms with Gasteiger partial charge < -0.3 is 25.8 Å². The Labute approximate surface area is 190 Å². The fraction of sp³-hybridized carbons (Fsp3) is 0.826. The van der Waals surface area contributed by atoms with Crippen LogP contribution in [0.5, 0.6) is 0 Å². The molecule has 1 aliphatic carbocycles. The van der Waals surface area contributed by atoms with Crippen LogP contribution in [0.4, 0.5) is 4.79 Å². The van der Waals surface area contributed by atoms with Gasteiger partial charge in [0.05, 0.1) is 6.61 Å². The first-order chi connectivity index (χ1) is 15.3. The zero-order valence-electron chi connectivity index (χ0n) is 19.4. The molecule has 0 aromatic carbocycles. The number of carbonyl (C=O) groups excluding carboxylic acids is 3. The highest BCUT2D eigenvalue weighted by molar-refractivity contribution is 5.89. The number of hydrogen-bond donors (Lipinski definition) is 4. The molecule has 2 aliphatic rings. The van der Waals surface area contributed by atoms with Crippen LogP contribution in [-0.2, 0) is 19.1 Å². The number of carboxylic acids is 1. The van der Waals surface area contributed by atoms with Crippen molar-refractivity contribution in [1.82, 2.24) is 16.0 Å². The monoisotopic (exact) mass is 453 g/mol. The summed E-state index contributed by atoms with van der Waals surface area (Å²) in [5.74, 6) is -1.61. The molecule has 2 rings (SSSR count). The summed E-state index contributed by atoms with van der Waals surface area (Å²) in [7, 11) is 0. The van der Waals surface area contributed by atoms with Crippen molar-refractivity contribution in [1.29, 1.82) is 0 Å². The van der Waals surface area contributed by atoms with Gasteiger partial charge in [-0.3, -0.25) is 9.59 Å². The standard InChI is InChI=1S/C23H39N3O6/c1-15(2)13-18(26-23(31)32-12-6-9-16-7-4-3-5-8-16)21(28)25-19(22(29)30)14-17-10-11-24-20(17)27/h15-19H,3-14H2,1-2H3,(H,24,27)(H,25,28)(H,26,31)(H,29,30)/t17-,18?,19?/m0/s1. The quantitative estimate of drug-likeness (QED) is 0.336. The van der Waals surface area contributed by atoms with E-state index >= 15 is 0 Å². The van der Waals surface area contributed by atoms with Gasteiger partial charge in [-0.15, -0.1) is 0 Å². The number of ether oxygens (including phenoxy) is 1. The second kappa shape index (κ2) is 13.3. The Morgan fingerprint density at radius 2 is 1.81 bits per heavy atom. The summed E-state index contributed by atoms with van der Waals surface area (Å²) in [4.78, 5) is 48.4. The summed E-state index contributed by atoms with van der Waals surface area (Å²) in [6.07, 6.45) is 8.43. The molecule has 2 fully saturated rings. The van der Waals surface area contributed by atoms with Crippen LogP contribution in [0.2, 0.25) is 0 Å². The van der Waals surface area contributed by atoms with Crippen LogP contribution in [0.15, 0.2) is 0 Å². The molecule has 2 unspecified atom stereocenters. The van der Waals surface area contributed by atoms with Crippen molar-refractivity contribution in [2.24, 2.45) is 17.8 Å². The van der Waals surface area contributed by atoms with E-state index in [1.54, 1.807) is 0 Å². The summed E-state index contributed by atoms with van der Waals surface area (Å²) in [6, 6.07) is -2.10. The lowest BCUT2D eigenvalue weighted by molar-refractivity contribution is -0.143. The lowest BCUT2D eigenvalue weighted by atomic mass is 9.86. The molecule has 1 aliphatic heterocycles. The van der Waals surface area contributed by atoms with Crippen molar-refractivity contribution in [2.75, 3.05) is 13.2 Å². The van der Waals surface area contributed by atoms with Crippen molar-refractivity contribution < 1.29 is 29.0 Å². The van der Waals surface area contributed by atoms with Gasteiger partial charge in [-0.2, -0.15) is 0 Å². The number of hydrogen-bond acceptors (Lipinski definition) is 5. The van der Waals surface area contributed by atoms with E-state index in [1.807, 2.05) is 13.8 Å². The molecule has 0 aromatic rings. The lowest BCUT2D eigenvalue weighted by Crippen LogP contribution is -2.52. The van der Waals surface area contributed by atoms with E-state index in [2.05, 4.69) is 16.0 Å². The predicted octanol–water partition coefficient (Wildman–Crippen LogP) is 2.58.